The van der Waals surface area contributed by atoms with Gasteiger partial charge in [0.1, 0.15) is 11.5 Å². The van der Waals surface area contributed by atoms with E-state index in [1.165, 1.54) is 0 Å². The van der Waals surface area contributed by atoms with Crippen LogP contribution < -0.4 is 0 Å². The molecule has 0 saturated heterocycles. The van der Waals surface area contributed by atoms with E-state index in [0.717, 1.165) is 36.3 Å². The minimum Gasteiger partial charge on any atom is -0.466 e. The number of rotatable bonds is 5. The lowest BCUT2D eigenvalue weighted by Crippen LogP contribution is -1.97. The van der Waals surface area contributed by atoms with E-state index in [-0.39, 0.29) is 0 Å². The number of aryl methyl sites for hydroxylation is 2. The summed E-state index contributed by atoms with van der Waals surface area (Å²) >= 11 is 0. The molecule has 0 radical (unpaired) electrons. The van der Waals surface area contributed by atoms with Crippen molar-refractivity contribution in [1.82, 2.24) is 0 Å². The van der Waals surface area contributed by atoms with Gasteiger partial charge in [-0.2, -0.15) is 0 Å². The van der Waals surface area contributed by atoms with Crippen LogP contribution >= 0.6 is 0 Å². The van der Waals surface area contributed by atoms with Gasteiger partial charge in [0.05, 0.1) is 6.10 Å². The molecule has 0 aliphatic heterocycles. The third-order valence-corrected chi connectivity index (χ3v) is 2.32. The fraction of sp³-hybridized carbons (Fsp3) is 0.500. The first kappa shape index (κ1) is 11.1. The maximum Gasteiger partial charge on any atom is 0.106 e. The highest BCUT2D eigenvalue weighted by Crippen LogP contribution is 2.25. The molecule has 0 spiro atoms. The molecular weight excluding hydrogens is 176 g/mol. The van der Waals surface area contributed by atoms with E-state index in [4.69, 9.17) is 4.42 Å². The lowest BCUT2D eigenvalue weighted by atomic mass is 10.0. The Morgan fingerprint density at radius 1 is 1.57 bits per heavy atom. The number of unbranched alkanes of at least 4 members (excludes halogenated alkanes) is 1. The second kappa shape index (κ2) is 5.01. The summed E-state index contributed by atoms with van der Waals surface area (Å²) in [6.07, 6.45) is 4.17. The standard InChI is InChI=1S/C12H18O2/c1-4-5-6-7-12(13)11-8-9(2)14-10(11)3/h4,8,12-13H,1,5-7H2,2-3H3. The maximum absolute atomic E-state index is 9.85. The zero-order valence-electron chi connectivity index (χ0n) is 8.92. The van der Waals surface area contributed by atoms with Crippen LogP contribution in [0, 0.1) is 13.8 Å². The first-order chi connectivity index (χ1) is 6.65. The molecule has 1 aromatic heterocycles. The molecule has 0 saturated carbocycles. The Morgan fingerprint density at radius 2 is 2.29 bits per heavy atom. The summed E-state index contributed by atoms with van der Waals surface area (Å²) < 4.78 is 5.36. The summed E-state index contributed by atoms with van der Waals surface area (Å²) in [5, 5.41) is 9.85. The molecule has 2 nitrogen and oxygen atoms in total. The Kier molecular flexibility index (Phi) is 3.96. The molecule has 1 atom stereocenters. The van der Waals surface area contributed by atoms with Gasteiger partial charge in [-0.1, -0.05) is 6.08 Å². The van der Waals surface area contributed by atoms with Crippen LogP contribution in [0.5, 0.6) is 0 Å². The van der Waals surface area contributed by atoms with Crippen molar-refractivity contribution in [3.63, 3.8) is 0 Å². The van der Waals surface area contributed by atoms with Crippen LogP contribution in [0.2, 0.25) is 0 Å². The largest absolute Gasteiger partial charge is 0.466 e. The van der Waals surface area contributed by atoms with Crippen molar-refractivity contribution in [3.8, 4) is 0 Å². The van der Waals surface area contributed by atoms with E-state index in [1.54, 1.807) is 0 Å². The van der Waals surface area contributed by atoms with E-state index < -0.39 is 6.10 Å². The Hall–Kier alpha value is -1.02. The molecule has 78 valence electrons. The summed E-state index contributed by atoms with van der Waals surface area (Å²) in [7, 11) is 0. The molecule has 0 aliphatic carbocycles. The third-order valence-electron chi connectivity index (χ3n) is 2.32. The van der Waals surface area contributed by atoms with Gasteiger partial charge in [-0.05, 0) is 39.2 Å². The summed E-state index contributed by atoms with van der Waals surface area (Å²) in [5.41, 5.74) is 0.923. The van der Waals surface area contributed by atoms with Gasteiger partial charge < -0.3 is 9.52 Å². The number of allylic oxidation sites excluding steroid dienone is 1. The molecule has 1 rings (SSSR count). The van der Waals surface area contributed by atoms with Gasteiger partial charge in [0, 0.05) is 5.56 Å². The number of hydrogen-bond donors (Lipinski definition) is 1. The smallest absolute Gasteiger partial charge is 0.106 e. The van der Waals surface area contributed by atoms with Crippen LogP contribution in [0.25, 0.3) is 0 Å². The van der Waals surface area contributed by atoms with Gasteiger partial charge in [-0.15, -0.1) is 6.58 Å². The fourth-order valence-electron chi connectivity index (χ4n) is 1.59. The molecule has 1 N–H and O–H groups in total. The van der Waals surface area contributed by atoms with Crippen LogP contribution in [-0.2, 0) is 0 Å². The Morgan fingerprint density at radius 3 is 2.79 bits per heavy atom. The van der Waals surface area contributed by atoms with Gasteiger partial charge in [0.25, 0.3) is 0 Å². The fourth-order valence-corrected chi connectivity index (χ4v) is 1.59. The predicted octanol–water partition coefficient (Wildman–Crippen LogP) is 3.29. The Labute approximate surface area is 85.2 Å². The molecule has 0 fully saturated rings. The highest BCUT2D eigenvalue weighted by atomic mass is 16.3. The Balaban J connectivity index is 2.55. The van der Waals surface area contributed by atoms with Crippen molar-refractivity contribution in [2.45, 2.75) is 39.2 Å². The zero-order chi connectivity index (χ0) is 10.6. The van der Waals surface area contributed by atoms with Crippen LogP contribution in [0.4, 0.5) is 0 Å². The number of aliphatic hydroxyl groups excluding tert-OH is 1. The lowest BCUT2D eigenvalue weighted by Gasteiger charge is -2.07. The van der Waals surface area contributed by atoms with Crippen molar-refractivity contribution in [3.05, 3.63) is 35.8 Å². The highest BCUT2D eigenvalue weighted by Gasteiger charge is 2.13. The first-order valence-electron chi connectivity index (χ1n) is 5.01. The summed E-state index contributed by atoms with van der Waals surface area (Å²) in [5.74, 6) is 1.69. The second-order valence-corrected chi connectivity index (χ2v) is 3.60. The molecule has 1 unspecified atom stereocenters. The minimum absolute atomic E-state index is 0.396. The van der Waals surface area contributed by atoms with Crippen molar-refractivity contribution in [1.29, 1.82) is 0 Å². The average molecular weight is 194 g/mol. The molecular formula is C12H18O2. The van der Waals surface area contributed by atoms with Gasteiger partial charge in [-0.3, -0.25) is 0 Å². The molecule has 14 heavy (non-hydrogen) atoms. The van der Waals surface area contributed by atoms with Gasteiger partial charge in [-0.25, -0.2) is 0 Å². The number of aliphatic hydroxyl groups is 1. The van der Waals surface area contributed by atoms with E-state index in [2.05, 4.69) is 6.58 Å². The van der Waals surface area contributed by atoms with Crippen molar-refractivity contribution >= 4 is 0 Å². The van der Waals surface area contributed by atoms with Gasteiger partial charge >= 0.3 is 0 Å². The maximum atomic E-state index is 9.85. The second-order valence-electron chi connectivity index (χ2n) is 3.60. The van der Waals surface area contributed by atoms with E-state index >= 15 is 0 Å². The number of furan rings is 1. The molecule has 1 heterocycles. The molecule has 0 aliphatic rings. The van der Waals surface area contributed by atoms with Crippen LogP contribution in [0.1, 0.15) is 42.5 Å². The van der Waals surface area contributed by atoms with Crippen LogP contribution in [0.3, 0.4) is 0 Å². The van der Waals surface area contributed by atoms with Crippen LogP contribution in [0.15, 0.2) is 23.1 Å². The SMILES string of the molecule is C=CCCCC(O)c1cc(C)oc1C. The lowest BCUT2D eigenvalue weighted by molar-refractivity contribution is 0.163. The first-order valence-corrected chi connectivity index (χ1v) is 5.01. The Bertz CT molecular complexity index is 299. The molecule has 0 bridgehead atoms. The number of hydrogen-bond acceptors (Lipinski definition) is 2. The topological polar surface area (TPSA) is 33.4 Å². The van der Waals surface area contributed by atoms with E-state index in [0.29, 0.717) is 0 Å². The van der Waals surface area contributed by atoms with Gasteiger partial charge in [0.15, 0.2) is 0 Å². The van der Waals surface area contributed by atoms with Gasteiger partial charge in [0.2, 0.25) is 0 Å². The average Bonchev–Trinajstić information content (AvgIpc) is 2.45. The van der Waals surface area contributed by atoms with Crippen LogP contribution in [-0.4, -0.2) is 5.11 Å². The normalized spacial score (nSPS) is 12.8. The molecule has 0 amide bonds. The summed E-state index contributed by atoms with van der Waals surface area (Å²) in [6.45, 7) is 7.44. The predicted molar refractivity (Wildman–Crippen MR) is 57.2 cm³/mol. The molecule has 2 heteroatoms. The summed E-state index contributed by atoms with van der Waals surface area (Å²) in [6, 6.07) is 1.91. The third kappa shape index (κ3) is 2.74. The minimum atomic E-state index is -0.396. The molecule has 1 aromatic rings. The van der Waals surface area contributed by atoms with Crippen molar-refractivity contribution < 1.29 is 9.52 Å². The quantitative estimate of drug-likeness (QED) is 0.576. The molecule has 0 aromatic carbocycles. The monoisotopic (exact) mass is 194 g/mol. The van der Waals surface area contributed by atoms with Crippen molar-refractivity contribution in [2.24, 2.45) is 0 Å². The summed E-state index contributed by atoms with van der Waals surface area (Å²) in [4.78, 5) is 0. The van der Waals surface area contributed by atoms with E-state index in [1.807, 2.05) is 26.0 Å². The zero-order valence-corrected chi connectivity index (χ0v) is 8.92. The van der Waals surface area contributed by atoms with E-state index in [9.17, 15) is 5.11 Å². The van der Waals surface area contributed by atoms with Crippen molar-refractivity contribution in [2.75, 3.05) is 0 Å². The highest BCUT2D eigenvalue weighted by molar-refractivity contribution is 5.22.